The highest BCUT2D eigenvalue weighted by atomic mass is 16.3. The second-order valence-electron chi connectivity index (χ2n) is 14.7. The lowest BCUT2D eigenvalue weighted by atomic mass is 10.00. The van der Waals surface area contributed by atoms with E-state index >= 15 is 0 Å². The van der Waals surface area contributed by atoms with Crippen LogP contribution in [0.4, 0.5) is 0 Å². The number of carbonyl (C=O) groups is 1. The second-order valence-corrected chi connectivity index (χ2v) is 14.7. The summed E-state index contributed by atoms with van der Waals surface area (Å²) in [6.07, 6.45) is 44.6. The number of hydrogen-bond acceptors (Lipinski definition) is 5. The number of aliphatic hydroxyl groups is 4. The number of rotatable bonds is 38. The Morgan fingerprint density at radius 1 is 0.480 bits per heavy atom. The number of aliphatic hydroxyl groups excluding tert-OH is 4. The molecule has 0 spiro atoms. The minimum Gasteiger partial charge on any atom is -0.394 e. The van der Waals surface area contributed by atoms with Crippen LogP contribution >= 0.6 is 0 Å². The van der Waals surface area contributed by atoms with Crippen molar-refractivity contribution in [2.75, 3.05) is 6.61 Å². The van der Waals surface area contributed by atoms with Crippen molar-refractivity contribution in [2.45, 2.75) is 231 Å². The molecular formula is C44H83NO5. The van der Waals surface area contributed by atoms with Crippen LogP contribution in [0.1, 0.15) is 206 Å². The smallest absolute Gasteiger partial charge is 0.249 e. The molecule has 294 valence electrons. The van der Waals surface area contributed by atoms with Crippen LogP contribution in [0.5, 0.6) is 0 Å². The molecule has 4 unspecified atom stereocenters. The summed E-state index contributed by atoms with van der Waals surface area (Å²) in [6, 6.07) is -1.01. The van der Waals surface area contributed by atoms with Crippen LogP contribution in [0, 0.1) is 0 Å². The predicted octanol–water partition coefficient (Wildman–Crippen LogP) is 11.0. The van der Waals surface area contributed by atoms with Gasteiger partial charge in [-0.1, -0.05) is 166 Å². The van der Waals surface area contributed by atoms with Crippen LogP contribution in [-0.2, 0) is 4.79 Å². The van der Waals surface area contributed by atoms with Crippen molar-refractivity contribution in [3.63, 3.8) is 0 Å². The Morgan fingerprint density at radius 2 is 0.840 bits per heavy atom. The van der Waals surface area contributed by atoms with E-state index in [0.29, 0.717) is 19.3 Å². The van der Waals surface area contributed by atoms with Gasteiger partial charge in [0.15, 0.2) is 0 Å². The van der Waals surface area contributed by atoms with Gasteiger partial charge >= 0.3 is 0 Å². The highest BCUT2D eigenvalue weighted by molar-refractivity contribution is 5.80. The minimum absolute atomic E-state index is 0.353. The van der Waals surface area contributed by atoms with E-state index in [9.17, 15) is 25.2 Å². The Kier molecular flexibility index (Phi) is 37.6. The van der Waals surface area contributed by atoms with Gasteiger partial charge < -0.3 is 25.7 Å². The van der Waals surface area contributed by atoms with Gasteiger partial charge in [-0.25, -0.2) is 0 Å². The average molecular weight is 706 g/mol. The second kappa shape index (κ2) is 38.8. The third kappa shape index (κ3) is 32.4. The van der Waals surface area contributed by atoms with Crippen LogP contribution in [0.25, 0.3) is 0 Å². The number of unbranched alkanes of at least 4 members (excludes halogenated alkanes) is 23. The van der Waals surface area contributed by atoms with Gasteiger partial charge in [-0.3, -0.25) is 4.79 Å². The molecule has 4 atom stereocenters. The van der Waals surface area contributed by atoms with Gasteiger partial charge in [0.2, 0.25) is 5.91 Å². The Hall–Kier alpha value is -1.47. The number of hydrogen-bond donors (Lipinski definition) is 5. The molecule has 50 heavy (non-hydrogen) atoms. The van der Waals surface area contributed by atoms with Crippen molar-refractivity contribution in [3.8, 4) is 0 Å². The molecule has 0 aromatic rings. The van der Waals surface area contributed by atoms with Crippen molar-refractivity contribution in [1.29, 1.82) is 0 Å². The van der Waals surface area contributed by atoms with Crippen molar-refractivity contribution < 1.29 is 25.2 Å². The zero-order chi connectivity index (χ0) is 36.8. The molecular weight excluding hydrogens is 622 g/mol. The fraction of sp³-hybridized carbons (Fsp3) is 0.841. The maximum Gasteiger partial charge on any atom is 0.249 e. The van der Waals surface area contributed by atoms with E-state index in [1.54, 1.807) is 0 Å². The summed E-state index contributed by atoms with van der Waals surface area (Å²) in [4.78, 5) is 12.5. The first-order valence-corrected chi connectivity index (χ1v) is 21.4. The normalized spacial score (nSPS) is 14.6. The maximum atomic E-state index is 12.5. The number of amides is 1. The molecule has 0 rings (SSSR count). The summed E-state index contributed by atoms with van der Waals surface area (Å²) in [6.45, 7) is 4.00. The molecule has 0 saturated carbocycles. The molecule has 0 aliphatic carbocycles. The zero-order valence-electron chi connectivity index (χ0n) is 32.9. The van der Waals surface area contributed by atoms with Crippen molar-refractivity contribution in [1.82, 2.24) is 5.32 Å². The molecule has 1 amide bonds. The van der Waals surface area contributed by atoms with Gasteiger partial charge in [0, 0.05) is 0 Å². The van der Waals surface area contributed by atoms with E-state index in [1.165, 1.54) is 116 Å². The molecule has 0 saturated heterocycles. The van der Waals surface area contributed by atoms with Crippen LogP contribution in [0.3, 0.4) is 0 Å². The Labute approximate surface area is 309 Å². The van der Waals surface area contributed by atoms with E-state index in [0.717, 1.165) is 57.8 Å². The van der Waals surface area contributed by atoms with E-state index in [1.807, 2.05) is 0 Å². The molecule has 0 aliphatic rings. The first-order valence-electron chi connectivity index (χ1n) is 21.4. The molecule has 5 N–H and O–H groups in total. The summed E-state index contributed by atoms with van der Waals surface area (Å²) in [5.74, 6) is -0.604. The standard InChI is InChI=1S/C44H83NO5/c1-3-5-7-9-11-13-15-17-18-19-20-21-22-23-24-26-28-30-32-34-36-38-42(48)44(50)45-40(39-46)43(49)41(47)37-35-33-31-29-27-25-16-14-12-10-8-6-4-2/h14,16,22-23,29,31,40-43,46-49H,3-13,15,17-21,24-28,30,32-39H2,1-2H3,(H,45,50)/b16-14+,23-22-,31-29+. The highest BCUT2D eigenvalue weighted by Crippen LogP contribution is 2.14. The number of nitrogens with one attached hydrogen (secondary N) is 1. The fourth-order valence-corrected chi connectivity index (χ4v) is 6.35. The largest absolute Gasteiger partial charge is 0.394 e. The quantitative estimate of drug-likeness (QED) is 0.0324. The minimum atomic E-state index is -1.29. The Bertz CT molecular complexity index is 797. The van der Waals surface area contributed by atoms with Gasteiger partial charge in [0.25, 0.3) is 0 Å². The Morgan fingerprint density at radius 3 is 1.28 bits per heavy atom. The lowest BCUT2D eigenvalue weighted by Gasteiger charge is -2.27. The molecule has 0 aliphatic heterocycles. The van der Waals surface area contributed by atoms with Gasteiger partial charge in [-0.2, -0.15) is 0 Å². The van der Waals surface area contributed by atoms with Gasteiger partial charge in [0.1, 0.15) is 12.2 Å². The molecule has 0 radical (unpaired) electrons. The molecule has 0 heterocycles. The number of allylic oxidation sites excluding steroid dienone is 6. The van der Waals surface area contributed by atoms with E-state index in [4.69, 9.17) is 0 Å². The van der Waals surface area contributed by atoms with E-state index < -0.39 is 36.9 Å². The third-order valence-electron chi connectivity index (χ3n) is 9.80. The summed E-state index contributed by atoms with van der Waals surface area (Å²) >= 11 is 0. The fourth-order valence-electron chi connectivity index (χ4n) is 6.35. The van der Waals surface area contributed by atoms with Crippen molar-refractivity contribution in [3.05, 3.63) is 36.5 Å². The molecule has 6 heteroatoms. The lowest BCUT2D eigenvalue weighted by Crippen LogP contribution is -2.53. The average Bonchev–Trinajstić information content (AvgIpc) is 3.12. The summed E-state index contributed by atoms with van der Waals surface area (Å²) in [5, 5.41) is 43.5. The van der Waals surface area contributed by atoms with Crippen LogP contribution < -0.4 is 5.32 Å². The molecule has 6 nitrogen and oxygen atoms in total. The predicted molar refractivity (Wildman–Crippen MR) is 214 cm³/mol. The summed E-state index contributed by atoms with van der Waals surface area (Å²) < 4.78 is 0. The van der Waals surface area contributed by atoms with Crippen LogP contribution in [0.2, 0.25) is 0 Å². The Balaban J connectivity index is 3.79. The maximum absolute atomic E-state index is 12.5. The van der Waals surface area contributed by atoms with Crippen LogP contribution in [0.15, 0.2) is 36.5 Å². The summed E-state index contributed by atoms with van der Waals surface area (Å²) in [7, 11) is 0. The van der Waals surface area contributed by atoms with E-state index in [2.05, 4.69) is 55.6 Å². The molecule has 0 bridgehead atoms. The van der Waals surface area contributed by atoms with Crippen molar-refractivity contribution in [2.24, 2.45) is 0 Å². The van der Waals surface area contributed by atoms with Gasteiger partial charge in [0.05, 0.1) is 18.8 Å². The van der Waals surface area contributed by atoms with Crippen molar-refractivity contribution >= 4 is 5.91 Å². The summed E-state index contributed by atoms with van der Waals surface area (Å²) in [5.41, 5.74) is 0. The van der Waals surface area contributed by atoms with Gasteiger partial charge in [-0.15, -0.1) is 0 Å². The zero-order valence-corrected chi connectivity index (χ0v) is 32.9. The monoisotopic (exact) mass is 706 g/mol. The lowest BCUT2D eigenvalue weighted by molar-refractivity contribution is -0.132. The molecule has 0 aromatic heterocycles. The topological polar surface area (TPSA) is 110 Å². The molecule has 0 fully saturated rings. The first kappa shape index (κ1) is 48.5. The van der Waals surface area contributed by atoms with Gasteiger partial charge in [-0.05, 0) is 77.0 Å². The third-order valence-corrected chi connectivity index (χ3v) is 9.80. The first-order chi connectivity index (χ1) is 24.5. The highest BCUT2D eigenvalue weighted by Gasteiger charge is 2.28. The molecule has 0 aromatic carbocycles. The SMILES string of the molecule is CCCCCC/C=C/CC/C=C/CCCC(O)C(O)C(CO)NC(=O)C(O)CCCCCCCC/C=C\CCCCCCCCCCCCC. The number of carbonyl (C=O) groups excluding carboxylic acids is 1. The van der Waals surface area contributed by atoms with E-state index in [-0.39, 0.29) is 0 Å². The van der Waals surface area contributed by atoms with Crippen LogP contribution in [-0.4, -0.2) is 57.3 Å².